The lowest BCUT2D eigenvalue weighted by Crippen LogP contribution is -2.28. The van der Waals surface area contributed by atoms with E-state index in [1.54, 1.807) is 18.4 Å². The second-order valence-electron chi connectivity index (χ2n) is 4.74. The van der Waals surface area contributed by atoms with E-state index in [1.165, 1.54) is 4.88 Å². The molecule has 0 saturated heterocycles. The summed E-state index contributed by atoms with van der Waals surface area (Å²) in [4.78, 5) is 6.07. The molecule has 0 aliphatic rings. The van der Waals surface area contributed by atoms with Gasteiger partial charge in [0.15, 0.2) is 0 Å². The molecule has 0 radical (unpaired) electrons. The quantitative estimate of drug-likeness (QED) is 0.719. The Balaban J connectivity index is 3.09. The van der Waals surface area contributed by atoms with E-state index >= 15 is 0 Å². The van der Waals surface area contributed by atoms with Crippen LogP contribution in [0.15, 0.2) is 0 Å². The van der Waals surface area contributed by atoms with Crippen LogP contribution in [0.5, 0.6) is 0 Å². The molecule has 5 heteroatoms. The summed E-state index contributed by atoms with van der Waals surface area (Å²) in [5.41, 5.74) is 0.797. The minimum Gasteiger partial charge on any atom is -0.378 e. The van der Waals surface area contributed by atoms with Gasteiger partial charge in [-0.2, -0.15) is 0 Å². The Morgan fingerprint density at radius 2 is 1.90 bits per heavy atom. The molecule has 1 heterocycles. The third kappa shape index (κ3) is 4.01. The zero-order chi connectivity index (χ0) is 15.0. The topological polar surface area (TPSA) is 43.4 Å². The standard InChI is InChI=1S/C15H28N2O2S/c1-6-15(7-2,19-9-4)14-17-12(11-18-5)13(20-14)10-16-8-3/h16H,6-11H2,1-5H3. The lowest BCUT2D eigenvalue weighted by Gasteiger charge is -2.29. The Bertz CT molecular complexity index is 389. The van der Waals surface area contributed by atoms with Crippen molar-refractivity contribution in [1.29, 1.82) is 0 Å². The van der Waals surface area contributed by atoms with E-state index in [4.69, 9.17) is 14.5 Å². The smallest absolute Gasteiger partial charge is 0.125 e. The number of nitrogens with one attached hydrogen (secondary N) is 1. The van der Waals surface area contributed by atoms with Gasteiger partial charge in [0.2, 0.25) is 0 Å². The van der Waals surface area contributed by atoms with E-state index in [0.29, 0.717) is 13.2 Å². The van der Waals surface area contributed by atoms with Crippen LogP contribution >= 0.6 is 11.3 Å². The van der Waals surface area contributed by atoms with Gasteiger partial charge in [-0.05, 0) is 26.3 Å². The average Bonchev–Trinajstić information content (AvgIpc) is 2.86. The Morgan fingerprint density at radius 1 is 1.20 bits per heavy atom. The van der Waals surface area contributed by atoms with Gasteiger partial charge in [0.25, 0.3) is 0 Å². The molecule has 0 spiro atoms. The molecule has 0 aromatic carbocycles. The normalized spacial score (nSPS) is 12.1. The van der Waals surface area contributed by atoms with E-state index in [2.05, 4.69) is 26.1 Å². The molecule has 0 aliphatic carbocycles. The molecule has 1 rings (SSSR count). The molecule has 0 fully saturated rings. The van der Waals surface area contributed by atoms with E-state index in [0.717, 1.165) is 36.6 Å². The molecule has 4 nitrogen and oxygen atoms in total. The number of rotatable bonds is 10. The van der Waals surface area contributed by atoms with Crippen molar-refractivity contribution in [2.75, 3.05) is 20.3 Å². The highest BCUT2D eigenvalue weighted by Crippen LogP contribution is 2.37. The Labute approximate surface area is 126 Å². The van der Waals surface area contributed by atoms with Gasteiger partial charge in [-0.3, -0.25) is 0 Å². The van der Waals surface area contributed by atoms with Gasteiger partial charge in [-0.15, -0.1) is 11.3 Å². The molecule has 116 valence electrons. The fourth-order valence-electron chi connectivity index (χ4n) is 2.30. The third-order valence-corrected chi connectivity index (χ3v) is 4.83. The summed E-state index contributed by atoms with van der Waals surface area (Å²) in [6.45, 7) is 11.6. The molecular weight excluding hydrogens is 272 g/mol. The second-order valence-corrected chi connectivity index (χ2v) is 5.82. The molecule has 0 atom stereocenters. The molecule has 0 aliphatic heterocycles. The maximum absolute atomic E-state index is 6.05. The predicted octanol–water partition coefficient (Wildman–Crippen LogP) is 3.45. The Morgan fingerprint density at radius 3 is 2.40 bits per heavy atom. The van der Waals surface area contributed by atoms with Crippen molar-refractivity contribution in [1.82, 2.24) is 10.3 Å². The van der Waals surface area contributed by atoms with Crippen LogP contribution < -0.4 is 5.32 Å². The van der Waals surface area contributed by atoms with Crippen molar-refractivity contribution in [3.63, 3.8) is 0 Å². The summed E-state index contributed by atoms with van der Waals surface area (Å²) in [5, 5.41) is 4.46. The SMILES string of the molecule is CCNCc1sc(C(CC)(CC)OCC)nc1COC. The van der Waals surface area contributed by atoms with Gasteiger partial charge in [0.05, 0.1) is 12.3 Å². The van der Waals surface area contributed by atoms with Crippen molar-refractivity contribution >= 4 is 11.3 Å². The van der Waals surface area contributed by atoms with Crippen molar-refractivity contribution in [2.45, 2.75) is 59.3 Å². The Hall–Kier alpha value is -0.490. The highest BCUT2D eigenvalue weighted by Gasteiger charge is 2.33. The largest absolute Gasteiger partial charge is 0.378 e. The van der Waals surface area contributed by atoms with Crippen LogP contribution in [0.4, 0.5) is 0 Å². The number of aromatic nitrogens is 1. The molecule has 1 aromatic heterocycles. The fraction of sp³-hybridized carbons (Fsp3) is 0.800. The number of nitrogens with zero attached hydrogens (tertiary/aromatic N) is 1. The van der Waals surface area contributed by atoms with E-state index in [9.17, 15) is 0 Å². The number of methoxy groups -OCH3 is 1. The molecule has 0 saturated carbocycles. The fourth-order valence-corrected chi connectivity index (χ4v) is 3.62. The summed E-state index contributed by atoms with van der Waals surface area (Å²) in [5.74, 6) is 0. The minimum absolute atomic E-state index is 0.244. The number of hydrogen-bond donors (Lipinski definition) is 1. The molecule has 0 unspecified atom stereocenters. The van der Waals surface area contributed by atoms with Gasteiger partial charge in [-0.1, -0.05) is 20.8 Å². The van der Waals surface area contributed by atoms with Gasteiger partial charge in [0.1, 0.15) is 10.6 Å². The summed E-state index contributed by atoms with van der Waals surface area (Å²) in [6, 6.07) is 0. The van der Waals surface area contributed by atoms with Crippen LogP contribution in [0.2, 0.25) is 0 Å². The van der Waals surface area contributed by atoms with Gasteiger partial charge in [-0.25, -0.2) is 4.98 Å². The van der Waals surface area contributed by atoms with Gasteiger partial charge < -0.3 is 14.8 Å². The zero-order valence-corrected chi connectivity index (χ0v) is 14.2. The first-order chi connectivity index (χ1) is 9.67. The van der Waals surface area contributed by atoms with Crippen LogP contribution in [0.3, 0.4) is 0 Å². The maximum atomic E-state index is 6.05. The zero-order valence-electron chi connectivity index (χ0n) is 13.4. The number of thiazole rings is 1. The monoisotopic (exact) mass is 300 g/mol. The van der Waals surface area contributed by atoms with Crippen molar-refractivity contribution in [2.24, 2.45) is 0 Å². The van der Waals surface area contributed by atoms with E-state index in [1.807, 2.05) is 6.92 Å². The maximum Gasteiger partial charge on any atom is 0.125 e. The summed E-state index contributed by atoms with van der Waals surface area (Å²) < 4.78 is 11.3. The summed E-state index contributed by atoms with van der Waals surface area (Å²) in [6.07, 6.45) is 1.88. The predicted molar refractivity (Wildman–Crippen MR) is 84.1 cm³/mol. The highest BCUT2D eigenvalue weighted by molar-refractivity contribution is 7.11. The average molecular weight is 300 g/mol. The molecule has 1 N–H and O–H groups in total. The first-order valence-corrected chi connectivity index (χ1v) is 8.31. The summed E-state index contributed by atoms with van der Waals surface area (Å²) >= 11 is 1.76. The van der Waals surface area contributed by atoms with Crippen LogP contribution in [0.25, 0.3) is 0 Å². The minimum atomic E-state index is -0.244. The molecule has 0 amide bonds. The lowest BCUT2D eigenvalue weighted by molar-refractivity contribution is -0.0508. The summed E-state index contributed by atoms with van der Waals surface area (Å²) in [7, 11) is 1.71. The molecule has 0 bridgehead atoms. The number of hydrogen-bond acceptors (Lipinski definition) is 5. The molecule has 20 heavy (non-hydrogen) atoms. The van der Waals surface area contributed by atoms with E-state index < -0.39 is 0 Å². The highest BCUT2D eigenvalue weighted by atomic mass is 32.1. The van der Waals surface area contributed by atoms with Gasteiger partial charge >= 0.3 is 0 Å². The third-order valence-electron chi connectivity index (χ3n) is 3.55. The van der Waals surface area contributed by atoms with Crippen LogP contribution in [-0.4, -0.2) is 25.2 Å². The molecular formula is C15H28N2O2S. The van der Waals surface area contributed by atoms with E-state index in [-0.39, 0.29) is 5.60 Å². The lowest BCUT2D eigenvalue weighted by atomic mass is 9.98. The first-order valence-electron chi connectivity index (χ1n) is 7.49. The van der Waals surface area contributed by atoms with Crippen LogP contribution in [0.1, 0.15) is 56.1 Å². The van der Waals surface area contributed by atoms with Crippen molar-refractivity contribution in [3.05, 3.63) is 15.6 Å². The molecule has 1 aromatic rings. The second kappa shape index (κ2) is 8.72. The number of ether oxygens (including phenoxy) is 2. The van der Waals surface area contributed by atoms with Crippen molar-refractivity contribution in [3.8, 4) is 0 Å². The van der Waals surface area contributed by atoms with Crippen LogP contribution in [-0.2, 0) is 28.2 Å². The van der Waals surface area contributed by atoms with Gasteiger partial charge in [0, 0.05) is 25.1 Å². The van der Waals surface area contributed by atoms with Crippen LogP contribution in [0, 0.1) is 0 Å². The Kier molecular flexibility index (Phi) is 7.66. The first kappa shape index (κ1) is 17.6. The van der Waals surface area contributed by atoms with Crippen molar-refractivity contribution < 1.29 is 9.47 Å².